The Labute approximate surface area is 120 Å². The van der Waals surface area contributed by atoms with Crippen molar-refractivity contribution in [2.45, 2.75) is 6.54 Å². The van der Waals surface area contributed by atoms with Gasteiger partial charge in [0.2, 0.25) is 0 Å². The van der Waals surface area contributed by atoms with E-state index in [0.29, 0.717) is 16.6 Å². The number of aromatic nitrogens is 2. The highest BCUT2D eigenvalue weighted by Gasteiger charge is 2.10. The van der Waals surface area contributed by atoms with Gasteiger partial charge in [-0.25, -0.2) is 4.98 Å². The van der Waals surface area contributed by atoms with Gasteiger partial charge in [0.1, 0.15) is 5.65 Å². The summed E-state index contributed by atoms with van der Waals surface area (Å²) in [4.78, 5) is 4.25. The molecule has 0 aliphatic rings. The maximum atomic E-state index is 6.27. The van der Waals surface area contributed by atoms with Gasteiger partial charge in [-0.3, -0.25) is 0 Å². The molecule has 0 aliphatic carbocycles. The Morgan fingerprint density at radius 1 is 1.16 bits per heavy atom. The first kappa shape index (κ1) is 12.5. The minimum absolute atomic E-state index is 0.428. The molecule has 0 saturated heterocycles. The van der Waals surface area contributed by atoms with Gasteiger partial charge >= 0.3 is 0 Å². The smallest absolute Gasteiger partial charge is 0.136 e. The number of pyridine rings is 1. The number of nitrogens with two attached hydrogens (primary N) is 1. The zero-order valence-corrected chi connectivity index (χ0v) is 11.5. The normalized spacial score (nSPS) is 11.1. The summed E-state index contributed by atoms with van der Waals surface area (Å²) in [5.41, 5.74) is 9.61. The van der Waals surface area contributed by atoms with Gasteiger partial charge in [-0.05, 0) is 23.8 Å². The number of rotatable bonds is 2. The summed E-state index contributed by atoms with van der Waals surface area (Å²) in [6.07, 6.45) is 5.63. The van der Waals surface area contributed by atoms with Crippen molar-refractivity contribution < 1.29 is 0 Å². The molecule has 3 nitrogen and oxygen atoms in total. The van der Waals surface area contributed by atoms with Gasteiger partial charge in [0.15, 0.2) is 0 Å². The molecular formula is C14H11Cl2N3. The van der Waals surface area contributed by atoms with Crippen LogP contribution in [0.2, 0.25) is 10.0 Å². The standard InChI is InChI=1S/C14H11Cl2N3/c15-10-1-2-11(13(16)6-10)12-8-19-4-3-18-14(19)5-9(12)7-17/h1-6,8H,7,17H2. The summed E-state index contributed by atoms with van der Waals surface area (Å²) < 4.78 is 1.94. The Balaban J connectivity index is 2.27. The van der Waals surface area contributed by atoms with Crippen LogP contribution in [0.15, 0.2) is 42.9 Å². The van der Waals surface area contributed by atoms with Crippen molar-refractivity contribution in [2.75, 3.05) is 0 Å². The van der Waals surface area contributed by atoms with Crippen LogP contribution in [0, 0.1) is 0 Å². The summed E-state index contributed by atoms with van der Waals surface area (Å²) in [5.74, 6) is 0. The molecule has 0 spiro atoms. The fraction of sp³-hybridized carbons (Fsp3) is 0.0714. The lowest BCUT2D eigenvalue weighted by Gasteiger charge is -2.11. The highest BCUT2D eigenvalue weighted by molar-refractivity contribution is 6.36. The predicted molar refractivity (Wildman–Crippen MR) is 78.5 cm³/mol. The number of nitrogens with zero attached hydrogens (tertiary/aromatic N) is 2. The lowest BCUT2D eigenvalue weighted by Crippen LogP contribution is -2.01. The van der Waals surface area contributed by atoms with E-state index in [9.17, 15) is 0 Å². The second kappa shape index (κ2) is 4.85. The van der Waals surface area contributed by atoms with Crippen molar-refractivity contribution in [3.8, 4) is 11.1 Å². The molecule has 19 heavy (non-hydrogen) atoms. The molecule has 0 radical (unpaired) electrons. The minimum atomic E-state index is 0.428. The summed E-state index contributed by atoms with van der Waals surface area (Å²) in [5, 5.41) is 1.23. The van der Waals surface area contributed by atoms with E-state index in [0.717, 1.165) is 22.3 Å². The maximum Gasteiger partial charge on any atom is 0.136 e. The molecular weight excluding hydrogens is 281 g/mol. The number of hydrogen-bond acceptors (Lipinski definition) is 2. The molecule has 0 bridgehead atoms. The van der Waals surface area contributed by atoms with Crippen molar-refractivity contribution >= 4 is 28.8 Å². The van der Waals surface area contributed by atoms with Crippen LogP contribution in [0.4, 0.5) is 0 Å². The fourth-order valence-electron chi connectivity index (χ4n) is 2.12. The maximum absolute atomic E-state index is 6.27. The molecule has 5 heteroatoms. The van der Waals surface area contributed by atoms with Crippen LogP contribution in [-0.4, -0.2) is 9.38 Å². The Morgan fingerprint density at radius 3 is 2.74 bits per heavy atom. The van der Waals surface area contributed by atoms with Crippen LogP contribution in [0.1, 0.15) is 5.56 Å². The first-order valence-corrected chi connectivity index (χ1v) is 6.55. The van der Waals surface area contributed by atoms with Crippen LogP contribution in [0.5, 0.6) is 0 Å². The van der Waals surface area contributed by atoms with E-state index in [-0.39, 0.29) is 0 Å². The lowest BCUT2D eigenvalue weighted by molar-refractivity contribution is 1.05. The highest BCUT2D eigenvalue weighted by atomic mass is 35.5. The molecule has 3 aromatic rings. The number of halogens is 2. The molecule has 3 rings (SSSR count). The van der Waals surface area contributed by atoms with Crippen LogP contribution in [-0.2, 0) is 6.54 Å². The molecule has 0 unspecified atom stereocenters. The molecule has 0 saturated carbocycles. The van der Waals surface area contributed by atoms with Crippen molar-refractivity contribution in [1.82, 2.24) is 9.38 Å². The van der Waals surface area contributed by atoms with Gasteiger partial charge in [-0.15, -0.1) is 0 Å². The Hall–Kier alpha value is -1.55. The second-order valence-corrected chi connectivity index (χ2v) is 5.08. The van der Waals surface area contributed by atoms with E-state index < -0.39 is 0 Å². The fourth-order valence-corrected chi connectivity index (χ4v) is 2.63. The Morgan fingerprint density at radius 2 is 2.00 bits per heavy atom. The predicted octanol–water partition coefficient (Wildman–Crippen LogP) is 3.77. The molecule has 0 fully saturated rings. The van der Waals surface area contributed by atoms with Crippen molar-refractivity contribution in [3.05, 3.63) is 58.5 Å². The largest absolute Gasteiger partial charge is 0.326 e. The molecule has 0 atom stereocenters. The van der Waals surface area contributed by atoms with Gasteiger partial charge in [0.05, 0.1) is 0 Å². The van der Waals surface area contributed by atoms with E-state index in [1.807, 2.05) is 35.0 Å². The minimum Gasteiger partial charge on any atom is -0.326 e. The molecule has 96 valence electrons. The second-order valence-electron chi connectivity index (χ2n) is 4.23. The van der Waals surface area contributed by atoms with Gasteiger partial charge in [0, 0.05) is 46.3 Å². The number of hydrogen-bond donors (Lipinski definition) is 1. The topological polar surface area (TPSA) is 43.3 Å². The van der Waals surface area contributed by atoms with Gasteiger partial charge < -0.3 is 10.1 Å². The third-order valence-electron chi connectivity index (χ3n) is 3.06. The Bertz CT molecular complexity index is 750. The van der Waals surface area contributed by atoms with Crippen molar-refractivity contribution in [3.63, 3.8) is 0 Å². The van der Waals surface area contributed by atoms with E-state index >= 15 is 0 Å². The number of fused-ring (bicyclic) bond motifs is 1. The zero-order valence-electron chi connectivity index (χ0n) is 9.98. The number of imidazole rings is 1. The molecule has 2 heterocycles. The van der Waals surface area contributed by atoms with E-state index in [1.165, 1.54) is 0 Å². The molecule has 0 amide bonds. The third-order valence-corrected chi connectivity index (χ3v) is 3.61. The van der Waals surface area contributed by atoms with Crippen molar-refractivity contribution in [2.24, 2.45) is 5.73 Å². The monoisotopic (exact) mass is 291 g/mol. The molecule has 1 aromatic carbocycles. The van der Waals surface area contributed by atoms with Crippen LogP contribution < -0.4 is 5.73 Å². The van der Waals surface area contributed by atoms with Gasteiger partial charge in [-0.1, -0.05) is 29.3 Å². The van der Waals surface area contributed by atoms with E-state index in [2.05, 4.69) is 4.98 Å². The van der Waals surface area contributed by atoms with Crippen LogP contribution >= 0.6 is 23.2 Å². The summed E-state index contributed by atoms with van der Waals surface area (Å²) in [6.45, 7) is 0.428. The summed E-state index contributed by atoms with van der Waals surface area (Å²) in [6, 6.07) is 7.43. The Kier molecular flexibility index (Phi) is 3.19. The SMILES string of the molecule is NCc1cc2nccn2cc1-c1ccc(Cl)cc1Cl. The lowest BCUT2D eigenvalue weighted by atomic mass is 10.0. The molecule has 0 aliphatic heterocycles. The van der Waals surface area contributed by atoms with Crippen LogP contribution in [0.3, 0.4) is 0 Å². The first-order valence-electron chi connectivity index (χ1n) is 5.80. The molecule has 2 N–H and O–H groups in total. The van der Waals surface area contributed by atoms with Crippen LogP contribution in [0.25, 0.3) is 16.8 Å². The molecule has 2 aromatic heterocycles. The highest BCUT2D eigenvalue weighted by Crippen LogP contribution is 2.32. The summed E-state index contributed by atoms with van der Waals surface area (Å²) in [7, 11) is 0. The van der Waals surface area contributed by atoms with Gasteiger partial charge in [-0.2, -0.15) is 0 Å². The average molecular weight is 292 g/mol. The third kappa shape index (κ3) is 2.21. The first-order chi connectivity index (χ1) is 9.19. The zero-order chi connectivity index (χ0) is 13.4. The quantitative estimate of drug-likeness (QED) is 0.781. The van der Waals surface area contributed by atoms with Gasteiger partial charge in [0.25, 0.3) is 0 Å². The summed E-state index contributed by atoms with van der Waals surface area (Å²) >= 11 is 12.2. The van der Waals surface area contributed by atoms with E-state index in [4.69, 9.17) is 28.9 Å². The van der Waals surface area contributed by atoms with E-state index in [1.54, 1.807) is 12.3 Å². The van der Waals surface area contributed by atoms with Crippen molar-refractivity contribution in [1.29, 1.82) is 0 Å². The number of benzene rings is 1. The average Bonchev–Trinajstić information content (AvgIpc) is 2.84.